The number of hydrogen-bond acceptors (Lipinski definition) is 5. The van der Waals surface area contributed by atoms with Gasteiger partial charge in [-0.3, -0.25) is 0 Å². The molecule has 5 nitrogen and oxygen atoms in total. The summed E-state index contributed by atoms with van der Waals surface area (Å²) >= 11 is 0. The zero-order chi connectivity index (χ0) is 17.1. The zero-order valence-electron chi connectivity index (χ0n) is 14.3. The molecule has 124 valence electrons. The number of para-hydroxylation sites is 1. The highest BCUT2D eigenvalue weighted by atomic mass is 16.5. The summed E-state index contributed by atoms with van der Waals surface area (Å²) in [5, 5.41) is 8.15. The topological polar surface area (TPSA) is 57.4 Å². The quantitative estimate of drug-likeness (QED) is 0.702. The molecule has 1 aromatic heterocycles. The molecule has 24 heavy (non-hydrogen) atoms. The summed E-state index contributed by atoms with van der Waals surface area (Å²) in [4.78, 5) is 0. The highest BCUT2D eigenvalue weighted by molar-refractivity contribution is 5.62. The lowest BCUT2D eigenvalue weighted by Crippen LogP contribution is -1.99. The van der Waals surface area contributed by atoms with E-state index in [1.54, 1.807) is 7.11 Å². The van der Waals surface area contributed by atoms with Crippen LogP contribution in [-0.2, 0) is 6.61 Å². The van der Waals surface area contributed by atoms with Crippen molar-refractivity contribution in [2.75, 3.05) is 7.11 Å². The predicted molar refractivity (Wildman–Crippen MR) is 91.3 cm³/mol. The minimum atomic E-state index is 0.229. The first-order chi connectivity index (χ1) is 11.6. The van der Waals surface area contributed by atoms with Crippen LogP contribution in [-0.4, -0.2) is 17.3 Å². The van der Waals surface area contributed by atoms with Crippen molar-refractivity contribution in [1.29, 1.82) is 0 Å². The van der Waals surface area contributed by atoms with Crippen LogP contribution in [0.2, 0.25) is 0 Å². The Balaban J connectivity index is 1.78. The van der Waals surface area contributed by atoms with E-state index in [-0.39, 0.29) is 6.61 Å². The summed E-state index contributed by atoms with van der Waals surface area (Å²) < 4.78 is 16.9. The highest BCUT2D eigenvalue weighted by Gasteiger charge is 2.14. The molecule has 0 aliphatic rings. The van der Waals surface area contributed by atoms with Crippen molar-refractivity contribution in [3.05, 3.63) is 59.0 Å². The fourth-order valence-corrected chi connectivity index (χ4v) is 2.77. The van der Waals surface area contributed by atoms with E-state index >= 15 is 0 Å². The minimum Gasteiger partial charge on any atom is -0.496 e. The third kappa shape index (κ3) is 3.25. The summed E-state index contributed by atoms with van der Waals surface area (Å²) in [6.07, 6.45) is 0. The molecule has 1 heterocycles. The van der Waals surface area contributed by atoms with Crippen molar-refractivity contribution in [2.45, 2.75) is 27.4 Å². The summed E-state index contributed by atoms with van der Waals surface area (Å²) in [5.74, 6) is 2.40. The highest BCUT2D eigenvalue weighted by Crippen LogP contribution is 2.29. The standard InChI is InChI=1S/C19H20N2O3/c1-12-9-13(2)18(14(3)10-12)23-11-17-20-21-19(24-17)15-7-5-6-8-16(15)22-4/h5-10H,11H2,1-4H3. The van der Waals surface area contributed by atoms with E-state index < -0.39 is 0 Å². The second-order valence-corrected chi connectivity index (χ2v) is 5.72. The fourth-order valence-electron chi connectivity index (χ4n) is 2.77. The Morgan fingerprint density at radius 1 is 1.00 bits per heavy atom. The SMILES string of the molecule is COc1ccccc1-c1nnc(COc2c(C)cc(C)cc2C)o1. The van der Waals surface area contributed by atoms with Crippen molar-refractivity contribution in [1.82, 2.24) is 10.2 Å². The smallest absolute Gasteiger partial charge is 0.254 e. The number of aromatic nitrogens is 2. The molecule has 0 amide bonds. The maximum absolute atomic E-state index is 5.89. The van der Waals surface area contributed by atoms with Gasteiger partial charge in [0.05, 0.1) is 12.7 Å². The third-order valence-electron chi connectivity index (χ3n) is 3.75. The van der Waals surface area contributed by atoms with E-state index in [0.29, 0.717) is 17.5 Å². The van der Waals surface area contributed by atoms with Crippen LogP contribution < -0.4 is 9.47 Å². The van der Waals surface area contributed by atoms with E-state index in [9.17, 15) is 0 Å². The molecule has 0 radical (unpaired) electrons. The predicted octanol–water partition coefficient (Wildman–Crippen LogP) is 4.25. The van der Waals surface area contributed by atoms with Crippen LogP contribution in [0.1, 0.15) is 22.6 Å². The van der Waals surface area contributed by atoms with E-state index in [1.807, 2.05) is 38.1 Å². The van der Waals surface area contributed by atoms with Crippen LogP contribution in [0.4, 0.5) is 0 Å². The van der Waals surface area contributed by atoms with Crippen molar-refractivity contribution in [2.24, 2.45) is 0 Å². The molecular weight excluding hydrogens is 304 g/mol. The Kier molecular flexibility index (Phi) is 4.51. The van der Waals surface area contributed by atoms with Gasteiger partial charge in [-0.05, 0) is 44.0 Å². The minimum absolute atomic E-state index is 0.229. The van der Waals surface area contributed by atoms with E-state index in [4.69, 9.17) is 13.9 Å². The Bertz CT molecular complexity index is 832. The molecule has 0 saturated heterocycles. The molecule has 2 aromatic carbocycles. The lowest BCUT2D eigenvalue weighted by Gasteiger charge is -2.11. The second kappa shape index (κ2) is 6.74. The fraction of sp³-hybridized carbons (Fsp3) is 0.263. The lowest BCUT2D eigenvalue weighted by molar-refractivity contribution is 0.261. The molecule has 0 aliphatic carbocycles. The number of methoxy groups -OCH3 is 1. The van der Waals surface area contributed by atoms with Crippen LogP contribution in [0, 0.1) is 20.8 Å². The first-order valence-electron chi connectivity index (χ1n) is 7.75. The van der Waals surface area contributed by atoms with Gasteiger partial charge >= 0.3 is 0 Å². The molecule has 0 N–H and O–H groups in total. The Morgan fingerprint density at radius 3 is 2.42 bits per heavy atom. The van der Waals surface area contributed by atoms with Crippen LogP contribution >= 0.6 is 0 Å². The molecule has 0 atom stereocenters. The molecule has 0 aliphatic heterocycles. The van der Waals surface area contributed by atoms with Gasteiger partial charge in [0.25, 0.3) is 11.8 Å². The number of rotatable bonds is 5. The summed E-state index contributed by atoms with van der Waals surface area (Å²) in [5.41, 5.74) is 4.17. The van der Waals surface area contributed by atoms with Gasteiger partial charge in [0.15, 0.2) is 6.61 Å². The van der Waals surface area contributed by atoms with Crippen LogP contribution in [0.3, 0.4) is 0 Å². The number of nitrogens with zero attached hydrogens (tertiary/aromatic N) is 2. The number of benzene rings is 2. The Hall–Kier alpha value is -2.82. The van der Waals surface area contributed by atoms with Crippen molar-refractivity contribution in [3.63, 3.8) is 0 Å². The first-order valence-corrected chi connectivity index (χ1v) is 7.75. The number of aryl methyl sites for hydroxylation is 3. The summed E-state index contributed by atoms with van der Waals surface area (Å²) in [7, 11) is 1.61. The maximum Gasteiger partial charge on any atom is 0.254 e. The van der Waals surface area contributed by atoms with Crippen LogP contribution in [0.5, 0.6) is 11.5 Å². The third-order valence-corrected chi connectivity index (χ3v) is 3.75. The second-order valence-electron chi connectivity index (χ2n) is 5.72. The molecule has 0 bridgehead atoms. The van der Waals surface area contributed by atoms with Gasteiger partial charge in [-0.25, -0.2) is 0 Å². The summed E-state index contributed by atoms with van der Waals surface area (Å²) in [6, 6.07) is 11.7. The normalized spacial score (nSPS) is 10.7. The van der Waals surface area contributed by atoms with Crippen LogP contribution in [0.25, 0.3) is 11.5 Å². The van der Waals surface area contributed by atoms with E-state index in [1.165, 1.54) is 5.56 Å². The van der Waals surface area contributed by atoms with Crippen molar-refractivity contribution >= 4 is 0 Å². The van der Waals surface area contributed by atoms with E-state index in [2.05, 4.69) is 29.3 Å². The van der Waals surface area contributed by atoms with Gasteiger partial charge in [-0.15, -0.1) is 10.2 Å². The molecule has 0 fully saturated rings. The average Bonchev–Trinajstić information content (AvgIpc) is 3.02. The van der Waals surface area contributed by atoms with Crippen LogP contribution in [0.15, 0.2) is 40.8 Å². The van der Waals surface area contributed by atoms with Gasteiger partial charge in [-0.2, -0.15) is 0 Å². The monoisotopic (exact) mass is 324 g/mol. The molecule has 5 heteroatoms. The molecule has 3 rings (SSSR count). The average molecular weight is 324 g/mol. The number of hydrogen-bond donors (Lipinski definition) is 0. The molecule has 0 spiro atoms. The Labute approximate surface area is 141 Å². The summed E-state index contributed by atoms with van der Waals surface area (Å²) in [6.45, 7) is 6.36. The van der Waals surface area contributed by atoms with Crippen molar-refractivity contribution < 1.29 is 13.9 Å². The molecule has 0 unspecified atom stereocenters. The lowest BCUT2D eigenvalue weighted by atomic mass is 10.1. The maximum atomic E-state index is 5.89. The van der Waals surface area contributed by atoms with Gasteiger partial charge in [-0.1, -0.05) is 29.8 Å². The van der Waals surface area contributed by atoms with Gasteiger partial charge in [0, 0.05) is 0 Å². The number of ether oxygens (including phenoxy) is 2. The van der Waals surface area contributed by atoms with Gasteiger partial charge < -0.3 is 13.9 Å². The van der Waals surface area contributed by atoms with E-state index in [0.717, 1.165) is 22.4 Å². The van der Waals surface area contributed by atoms with Crippen molar-refractivity contribution in [3.8, 4) is 23.0 Å². The Morgan fingerprint density at radius 2 is 1.71 bits per heavy atom. The molecule has 0 saturated carbocycles. The van der Waals surface area contributed by atoms with Gasteiger partial charge in [0.1, 0.15) is 11.5 Å². The molecule has 3 aromatic rings. The zero-order valence-corrected chi connectivity index (χ0v) is 14.3. The van der Waals surface area contributed by atoms with Gasteiger partial charge in [0.2, 0.25) is 0 Å². The molecular formula is C19H20N2O3. The largest absolute Gasteiger partial charge is 0.496 e. The first kappa shape index (κ1) is 16.1.